The van der Waals surface area contributed by atoms with Crippen molar-refractivity contribution < 1.29 is 4.79 Å². The highest BCUT2D eigenvalue weighted by molar-refractivity contribution is 5.93. The number of carbonyl (C=O) groups is 1. The summed E-state index contributed by atoms with van der Waals surface area (Å²) in [6.45, 7) is 3.20. The predicted octanol–water partition coefficient (Wildman–Crippen LogP) is 0.640. The molecule has 21 heavy (non-hydrogen) atoms. The lowest BCUT2D eigenvalue weighted by atomic mass is 10.00. The van der Waals surface area contributed by atoms with Crippen molar-refractivity contribution in [3.63, 3.8) is 0 Å². The number of nitrogens with one attached hydrogen (secondary N) is 1. The third-order valence-corrected chi connectivity index (χ3v) is 4.54. The molecule has 2 fully saturated rings. The quantitative estimate of drug-likeness (QED) is 0.876. The molecule has 4 rings (SSSR count). The van der Waals surface area contributed by atoms with Gasteiger partial charge in [0.05, 0.1) is 5.52 Å². The second-order valence-corrected chi connectivity index (χ2v) is 5.79. The van der Waals surface area contributed by atoms with E-state index in [9.17, 15) is 4.79 Å². The first kappa shape index (κ1) is 12.4. The molecular weight excluding hydrogens is 266 g/mol. The summed E-state index contributed by atoms with van der Waals surface area (Å²) in [6.07, 6.45) is 2.70. The minimum absolute atomic E-state index is 0.129. The normalized spacial score (nSPS) is 26.9. The highest BCUT2D eigenvalue weighted by Gasteiger charge is 2.38. The Morgan fingerprint density at radius 1 is 1.43 bits per heavy atom. The van der Waals surface area contributed by atoms with E-state index in [0.717, 1.165) is 25.2 Å². The summed E-state index contributed by atoms with van der Waals surface area (Å²) in [5.74, 6) is 0.451. The smallest absolute Gasteiger partial charge is 0.270 e. The van der Waals surface area contributed by atoms with Gasteiger partial charge >= 0.3 is 0 Å². The first-order valence-electron chi connectivity index (χ1n) is 7.15. The maximum Gasteiger partial charge on any atom is 0.270 e. The van der Waals surface area contributed by atoms with Crippen molar-refractivity contribution in [2.75, 3.05) is 19.6 Å². The van der Waals surface area contributed by atoms with E-state index < -0.39 is 0 Å². The van der Waals surface area contributed by atoms with Gasteiger partial charge in [0.1, 0.15) is 23.8 Å². The molecule has 1 N–H and O–H groups in total. The monoisotopic (exact) mass is 281 g/mol. The molecular formula is C15H15N5O. The molecule has 2 unspecified atom stereocenters. The molecule has 4 heterocycles. The molecule has 3 atom stereocenters. The number of nitrogens with zero attached hydrogens (tertiary/aromatic N) is 4. The number of amides is 1. The Kier molecular flexibility index (Phi) is 2.69. The fourth-order valence-corrected chi connectivity index (χ4v) is 3.41. The van der Waals surface area contributed by atoms with Gasteiger partial charge in [0, 0.05) is 19.1 Å². The predicted molar refractivity (Wildman–Crippen MR) is 75.7 cm³/mol. The van der Waals surface area contributed by atoms with Gasteiger partial charge < -0.3 is 10.2 Å². The number of aromatic nitrogens is 2. The maximum atomic E-state index is 12.3. The first-order valence-corrected chi connectivity index (χ1v) is 7.15. The van der Waals surface area contributed by atoms with Gasteiger partial charge in [0.2, 0.25) is 0 Å². The number of carbonyl (C=O) groups excluding carboxylic acids is 1. The lowest BCUT2D eigenvalue weighted by Crippen LogP contribution is -2.43. The van der Waals surface area contributed by atoms with E-state index in [4.69, 9.17) is 5.26 Å². The van der Waals surface area contributed by atoms with Crippen LogP contribution in [0.4, 0.5) is 0 Å². The number of hydrogen-bond acceptors (Lipinski definition) is 4. The zero-order valence-electron chi connectivity index (χ0n) is 11.5. The van der Waals surface area contributed by atoms with E-state index in [1.165, 1.54) is 12.7 Å². The van der Waals surface area contributed by atoms with Crippen molar-refractivity contribution in [3.05, 3.63) is 35.9 Å². The summed E-state index contributed by atoms with van der Waals surface area (Å²) in [6, 6.07) is 7.60. The summed E-state index contributed by atoms with van der Waals surface area (Å²) < 4.78 is 1.68. The van der Waals surface area contributed by atoms with E-state index >= 15 is 0 Å². The van der Waals surface area contributed by atoms with Crippen LogP contribution in [0.15, 0.2) is 24.5 Å². The lowest BCUT2D eigenvalue weighted by Gasteiger charge is -2.22. The van der Waals surface area contributed by atoms with Crippen molar-refractivity contribution in [1.29, 1.82) is 5.26 Å². The molecule has 1 amide bonds. The molecule has 0 saturated carbocycles. The number of fused-ring (bicyclic) bond motifs is 3. The average Bonchev–Trinajstić information content (AvgIpc) is 3.21. The van der Waals surface area contributed by atoms with Crippen LogP contribution in [0.1, 0.15) is 22.6 Å². The van der Waals surface area contributed by atoms with Crippen molar-refractivity contribution in [3.8, 4) is 6.07 Å². The zero-order valence-corrected chi connectivity index (χ0v) is 11.5. The van der Waals surface area contributed by atoms with Crippen LogP contribution in [0.3, 0.4) is 0 Å². The van der Waals surface area contributed by atoms with E-state index in [1.54, 1.807) is 16.5 Å². The Bertz CT molecular complexity index is 759. The Balaban J connectivity index is 1.55. The molecule has 2 aromatic heterocycles. The van der Waals surface area contributed by atoms with Gasteiger partial charge in [0.25, 0.3) is 5.91 Å². The van der Waals surface area contributed by atoms with Crippen molar-refractivity contribution in [1.82, 2.24) is 19.6 Å². The second-order valence-electron chi connectivity index (χ2n) is 5.79. The van der Waals surface area contributed by atoms with Gasteiger partial charge in [-0.1, -0.05) is 0 Å². The summed E-state index contributed by atoms with van der Waals surface area (Å²) in [5, 5.41) is 12.1. The number of rotatable bonds is 2. The molecule has 0 aliphatic carbocycles. The van der Waals surface area contributed by atoms with Gasteiger partial charge in [-0.25, -0.2) is 4.98 Å². The van der Waals surface area contributed by atoms with E-state index in [2.05, 4.69) is 21.3 Å². The van der Waals surface area contributed by atoms with E-state index in [1.807, 2.05) is 6.07 Å². The fourth-order valence-electron chi connectivity index (χ4n) is 3.41. The summed E-state index contributed by atoms with van der Waals surface area (Å²) in [7, 11) is 0. The molecule has 106 valence electrons. The van der Waals surface area contributed by atoms with Crippen molar-refractivity contribution >= 4 is 11.4 Å². The second kappa shape index (κ2) is 4.57. The largest absolute Gasteiger partial charge is 0.346 e. The highest BCUT2D eigenvalue weighted by atomic mass is 16.2. The minimum atomic E-state index is -0.129. The third-order valence-electron chi connectivity index (χ3n) is 4.54. The molecule has 2 saturated heterocycles. The Hall–Kier alpha value is -2.39. The van der Waals surface area contributed by atoms with Gasteiger partial charge in [0.15, 0.2) is 0 Å². The molecule has 0 aromatic carbocycles. The van der Waals surface area contributed by atoms with Crippen LogP contribution in [-0.4, -0.2) is 45.9 Å². The number of hydrogen-bond donors (Lipinski definition) is 1. The van der Waals surface area contributed by atoms with Crippen molar-refractivity contribution in [2.24, 2.45) is 5.92 Å². The highest BCUT2D eigenvalue weighted by Crippen LogP contribution is 2.27. The summed E-state index contributed by atoms with van der Waals surface area (Å²) >= 11 is 0. The van der Waals surface area contributed by atoms with Gasteiger partial charge in [-0.15, -0.1) is 0 Å². The topological polar surface area (TPSA) is 73.4 Å². The standard InChI is InChI=1S/C15H15N5O/c16-6-12-2-1-11-5-13(17-9-20(11)12)15(21)18-14-8-19-4-3-10(14)7-19/h1-2,5,9-10,14H,3-4,7-8H2,(H,18,21)/t10-,14?/m0/s1. The van der Waals surface area contributed by atoms with Crippen LogP contribution < -0.4 is 5.32 Å². The Labute approximate surface area is 122 Å². The van der Waals surface area contributed by atoms with Gasteiger partial charge in [-0.3, -0.25) is 9.20 Å². The minimum Gasteiger partial charge on any atom is -0.346 e. The molecule has 2 bridgehead atoms. The van der Waals surface area contributed by atoms with Crippen LogP contribution in [0, 0.1) is 17.2 Å². The third kappa shape index (κ3) is 1.98. The molecule has 2 aliphatic rings. The summed E-state index contributed by atoms with van der Waals surface area (Å²) in [5.41, 5.74) is 1.73. The first-order chi connectivity index (χ1) is 10.2. The lowest BCUT2D eigenvalue weighted by molar-refractivity contribution is 0.0919. The number of piperidine rings is 1. The number of nitriles is 1. The van der Waals surface area contributed by atoms with Gasteiger partial charge in [-0.2, -0.15) is 5.26 Å². The van der Waals surface area contributed by atoms with Crippen LogP contribution in [0.5, 0.6) is 0 Å². The zero-order chi connectivity index (χ0) is 14.4. The van der Waals surface area contributed by atoms with Crippen LogP contribution in [0.25, 0.3) is 5.52 Å². The van der Waals surface area contributed by atoms with Crippen LogP contribution in [0.2, 0.25) is 0 Å². The van der Waals surface area contributed by atoms with E-state index in [0.29, 0.717) is 17.3 Å². The Morgan fingerprint density at radius 3 is 3.05 bits per heavy atom. The van der Waals surface area contributed by atoms with Crippen molar-refractivity contribution in [2.45, 2.75) is 12.5 Å². The molecule has 6 nitrogen and oxygen atoms in total. The SMILES string of the molecule is N#Cc1ccc2cc(C(=O)NC3CN4CC[C@H]3C4)ncn12. The molecule has 2 aliphatic heterocycles. The maximum absolute atomic E-state index is 12.3. The van der Waals surface area contributed by atoms with E-state index in [-0.39, 0.29) is 11.9 Å². The van der Waals surface area contributed by atoms with Gasteiger partial charge in [-0.05, 0) is 37.1 Å². The molecule has 0 radical (unpaired) electrons. The molecule has 0 spiro atoms. The molecule has 6 heteroatoms. The molecule has 2 aromatic rings. The van der Waals surface area contributed by atoms with Crippen LogP contribution >= 0.6 is 0 Å². The fraction of sp³-hybridized carbons (Fsp3) is 0.400. The Morgan fingerprint density at radius 2 is 2.33 bits per heavy atom. The van der Waals surface area contributed by atoms with Crippen LogP contribution in [-0.2, 0) is 0 Å². The summed E-state index contributed by atoms with van der Waals surface area (Å²) in [4.78, 5) is 18.9. The average molecular weight is 281 g/mol.